The third-order valence-electron chi connectivity index (χ3n) is 3.19. The van der Waals surface area contributed by atoms with E-state index in [-0.39, 0.29) is 18.4 Å². The van der Waals surface area contributed by atoms with Gasteiger partial charge < -0.3 is 15.5 Å². The number of carbonyl (C=O) groups excluding carboxylic acids is 2. The van der Waals surface area contributed by atoms with Crippen molar-refractivity contribution in [3.63, 3.8) is 0 Å². The molecule has 0 atom stereocenters. The van der Waals surface area contributed by atoms with Crippen LogP contribution in [0.2, 0.25) is 10.0 Å². The number of rotatable bonds is 5. The Kier molecular flexibility index (Phi) is 6.06. The SMILES string of the molecule is CN(C)C(=O)c1ccc(NCC(=O)Nc2ccc(Cl)c(Cl)c2)cc1. The van der Waals surface area contributed by atoms with E-state index in [0.717, 1.165) is 5.69 Å². The summed E-state index contributed by atoms with van der Waals surface area (Å²) >= 11 is 11.7. The van der Waals surface area contributed by atoms with Gasteiger partial charge in [-0.2, -0.15) is 0 Å². The largest absolute Gasteiger partial charge is 0.376 e. The Labute approximate surface area is 150 Å². The Morgan fingerprint density at radius 2 is 1.58 bits per heavy atom. The molecule has 0 fully saturated rings. The molecule has 0 bridgehead atoms. The fraction of sp³-hybridized carbons (Fsp3) is 0.176. The van der Waals surface area contributed by atoms with E-state index in [9.17, 15) is 9.59 Å². The van der Waals surface area contributed by atoms with Crippen LogP contribution in [0.15, 0.2) is 42.5 Å². The zero-order valence-electron chi connectivity index (χ0n) is 13.3. The topological polar surface area (TPSA) is 61.4 Å². The number of benzene rings is 2. The highest BCUT2D eigenvalue weighted by atomic mass is 35.5. The van der Waals surface area contributed by atoms with Gasteiger partial charge in [-0.15, -0.1) is 0 Å². The van der Waals surface area contributed by atoms with Crippen LogP contribution in [0.3, 0.4) is 0 Å². The van der Waals surface area contributed by atoms with Gasteiger partial charge in [-0.05, 0) is 42.5 Å². The van der Waals surface area contributed by atoms with Crippen LogP contribution in [0.25, 0.3) is 0 Å². The van der Waals surface area contributed by atoms with Gasteiger partial charge in [0.15, 0.2) is 0 Å². The lowest BCUT2D eigenvalue weighted by Gasteiger charge is -2.11. The van der Waals surface area contributed by atoms with Crippen molar-refractivity contribution in [2.75, 3.05) is 31.3 Å². The van der Waals surface area contributed by atoms with Gasteiger partial charge in [0.2, 0.25) is 5.91 Å². The number of anilines is 2. The Hall–Kier alpha value is -2.24. The van der Waals surface area contributed by atoms with Crippen LogP contribution >= 0.6 is 23.2 Å². The average molecular weight is 366 g/mol. The molecule has 0 saturated heterocycles. The number of hydrogen-bond acceptors (Lipinski definition) is 3. The number of carbonyl (C=O) groups is 2. The number of nitrogens with zero attached hydrogens (tertiary/aromatic N) is 1. The van der Waals surface area contributed by atoms with E-state index in [2.05, 4.69) is 10.6 Å². The zero-order valence-corrected chi connectivity index (χ0v) is 14.8. The van der Waals surface area contributed by atoms with Gasteiger partial charge in [0, 0.05) is 31.0 Å². The van der Waals surface area contributed by atoms with E-state index in [4.69, 9.17) is 23.2 Å². The summed E-state index contributed by atoms with van der Waals surface area (Å²) in [6, 6.07) is 11.8. The highest BCUT2D eigenvalue weighted by Gasteiger charge is 2.08. The third kappa shape index (κ3) is 4.88. The van der Waals surface area contributed by atoms with Crippen molar-refractivity contribution < 1.29 is 9.59 Å². The van der Waals surface area contributed by atoms with Gasteiger partial charge in [0.1, 0.15) is 0 Å². The molecule has 2 N–H and O–H groups in total. The molecule has 24 heavy (non-hydrogen) atoms. The summed E-state index contributed by atoms with van der Waals surface area (Å²) in [5.74, 6) is -0.291. The zero-order chi connectivity index (χ0) is 17.7. The molecule has 0 aromatic heterocycles. The second kappa shape index (κ2) is 8.04. The van der Waals surface area contributed by atoms with Gasteiger partial charge in [-0.1, -0.05) is 23.2 Å². The number of hydrogen-bond donors (Lipinski definition) is 2. The van der Waals surface area contributed by atoms with E-state index in [1.165, 1.54) is 4.90 Å². The minimum Gasteiger partial charge on any atom is -0.376 e. The first kappa shape index (κ1) is 18.1. The summed E-state index contributed by atoms with van der Waals surface area (Å²) < 4.78 is 0. The van der Waals surface area contributed by atoms with Crippen LogP contribution in [0, 0.1) is 0 Å². The normalized spacial score (nSPS) is 10.2. The second-order valence-corrected chi connectivity index (χ2v) is 6.12. The molecule has 0 radical (unpaired) electrons. The predicted octanol–water partition coefficient (Wildman–Crippen LogP) is 3.75. The van der Waals surface area contributed by atoms with Crippen molar-refractivity contribution in [3.05, 3.63) is 58.1 Å². The minimum atomic E-state index is -0.221. The van der Waals surface area contributed by atoms with Crippen LogP contribution < -0.4 is 10.6 Å². The summed E-state index contributed by atoms with van der Waals surface area (Å²) in [6.45, 7) is 0.0845. The van der Waals surface area contributed by atoms with Crippen molar-refractivity contribution in [1.29, 1.82) is 0 Å². The molecule has 0 aliphatic carbocycles. The van der Waals surface area contributed by atoms with Gasteiger partial charge in [0.05, 0.1) is 16.6 Å². The first-order valence-corrected chi connectivity index (χ1v) is 7.93. The predicted molar refractivity (Wildman–Crippen MR) is 98.0 cm³/mol. The molecule has 7 heteroatoms. The van der Waals surface area contributed by atoms with E-state index in [1.54, 1.807) is 56.6 Å². The van der Waals surface area contributed by atoms with Gasteiger partial charge >= 0.3 is 0 Å². The average Bonchev–Trinajstić information content (AvgIpc) is 2.56. The van der Waals surface area contributed by atoms with Crippen LogP contribution in [-0.2, 0) is 4.79 Å². The number of halogens is 2. The summed E-state index contributed by atoms with van der Waals surface area (Å²) in [5, 5.41) is 6.52. The van der Waals surface area contributed by atoms with Crippen LogP contribution in [0.5, 0.6) is 0 Å². The molecule has 0 saturated carbocycles. The summed E-state index contributed by atoms with van der Waals surface area (Å²) in [6.07, 6.45) is 0. The Morgan fingerprint density at radius 3 is 2.17 bits per heavy atom. The Balaban J connectivity index is 1.89. The molecule has 2 amide bonds. The summed E-state index contributed by atoms with van der Waals surface area (Å²) in [4.78, 5) is 25.2. The highest BCUT2D eigenvalue weighted by Crippen LogP contribution is 2.24. The van der Waals surface area contributed by atoms with E-state index in [0.29, 0.717) is 21.3 Å². The van der Waals surface area contributed by atoms with Crippen molar-refractivity contribution in [2.45, 2.75) is 0 Å². The summed E-state index contributed by atoms with van der Waals surface area (Å²) in [7, 11) is 3.39. The van der Waals surface area contributed by atoms with Crippen LogP contribution in [-0.4, -0.2) is 37.4 Å². The van der Waals surface area contributed by atoms with Gasteiger partial charge in [-0.3, -0.25) is 9.59 Å². The molecule has 0 aliphatic rings. The van der Waals surface area contributed by atoms with Crippen LogP contribution in [0.1, 0.15) is 10.4 Å². The maximum atomic E-state index is 11.9. The Morgan fingerprint density at radius 1 is 0.958 bits per heavy atom. The second-order valence-electron chi connectivity index (χ2n) is 5.31. The molecule has 0 spiro atoms. The van der Waals surface area contributed by atoms with Crippen molar-refractivity contribution >= 4 is 46.4 Å². The molecule has 0 heterocycles. The van der Waals surface area contributed by atoms with E-state index < -0.39 is 0 Å². The van der Waals surface area contributed by atoms with E-state index >= 15 is 0 Å². The third-order valence-corrected chi connectivity index (χ3v) is 3.93. The number of amides is 2. The lowest BCUT2D eigenvalue weighted by Crippen LogP contribution is -2.22. The van der Waals surface area contributed by atoms with E-state index in [1.807, 2.05) is 0 Å². The molecule has 0 aliphatic heterocycles. The molecule has 2 aromatic rings. The molecule has 2 rings (SSSR count). The smallest absolute Gasteiger partial charge is 0.253 e. The van der Waals surface area contributed by atoms with Gasteiger partial charge in [0.25, 0.3) is 5.91 Å². The quantitative estimate of drug-likeness (QED) is 0.847. The fourth-order valence-corrected chi connectivity index (χ4v) is 2.25. The van der Waals surface area contributed by atoms with Crippen molar-refractivity contribution in [2.24, 2.45) is 0 Å². The first-order valence-electron chi connectivity index (χ1n) is 7.17. The monoisotopic (exact) mass is 365 g/mol. The van der Waals surface area contributed by atoms with Gasteiger partial charge in [-0.25, -0.2) is 0 Å². The molecule has 2 aromatic carbocycles. The highest BCUT2D eigenvalue weighted by molar-refractivity contribution is 6.42. The molecule has 5 nitrogen and oxygen atoms in total. The minimum absolute atomic E-state index is 0.0705. The first-order chi connectivity index (χ1) is 11.4. The molecular weight excluding hydrogens is 349 g/mol. The lowest BCUT2D eigenvalue weighted by molar-refractivity contribution is -0.114. The van der Waals surface area contributed by atoms with Crippen LogP contribution in [0.4, 0.5) is 11.4 Å². The lowest BCUT2D eigenvalue weighted by atomic mass is 10.2. The van der Waals surface area contributed by atoms with Crippen molar-refractivity contribution in [1.82, 2.24) is 4.90 Å². The number of nitrogens with one attached hydrogen (secondary N) is 2. The Bertz CT molecular complexity index is 746. The maximum absolute atomic E-state index is 11.9. The fourth-order valence-electron chi connectivity index (χ4n) is 1.95. The maximum Gasteiger partial charge on any atom is 0.253 e. The molecule has 0 unspecified atom stereocenters. The standard InChI is InChI=1S/C17H17Cl2N3O2/c1-22(2)17(24)11-3-5-12(6-4-11)20-10-16(23)21-13-7-8-14(18)15(19)9-13/h3-9,20H,10H2,1-2H3,(H,21,23). The van der Waals surface area contributed by atoms with Crippen molar-refractivity contribution in [3.8, 4) is 0 Å². The summed E-state index contributed by atoms with van der Waals surface area (Å²) in [5.41, 5.74) is 1.91. The molecular formula is C17H17Cl2N3O2. The molecule has 126 valence electrons.